The van der Waals surface area contributed by atoms with Gasteiger partial charge >= 0.3 is 5.97 Å². The van der Waals surface area contributed by atoms with Gasteiger partial charge in [-0.1, -0.05) is 15.9 Å². The van der Waals surface area contributed by atoms with Gasteiger partial charge in [0.2, 0.25) is 0 Å². The fourth-order valence-corrected chi connectivity index (χ4v) is 1.69. The van der Waals surface area contributed by atoms with E-state index in [2.05, 4.69) is 15.9 Å². The number of hydrogen-bond acceptors (Lipinski definition) is 3. The molecule has 0 saturated heterocycles. The van der Waals surface area contributed by atoms with Gasteiger partial charge in [-0.25, -0.2) is 4.79 Å². The van der Waals surface area contributed by atoms with E-state index in [0.717, 1.165) is 0 Å². The molecular weight excluding hydrogens is 264 g/mol. The minimum atomic E-state index is -0.981. The number of ether oxygens (including phenoxy) is 2. The Morgan fingerprint density at radius 2 is 1.87 bits per heavy atom. The summed E-state index contributed by atoms with van der Waals surface area (Å²) in [4.78, 5) is 10.9. The molecule has 0 radical (unpaired) electrons. The van der Waals surface area contributed by atoms with Crippen molar-refractivity contribution >= 4 is 21.9 Å². The molecule has 5 heteroatoms. The molecule has 0 fully saturated rings. The summed E-state index contributed by atoms with van der Waals surface area (Å²) in [6.45, 7) is 0. The molecule has 0 amide bonds. The molecule has 0 saturated carbocycles. The molecule has 1 rings (SSSR count). The predicted octanol–water partition coefficient (Wildman–Crippen LogP) is 2.30. The van der Waals surface area contributed by atoms with E-state index in [0.29, 0.717) is 22.4 Å². The number of halogens is 1. The first-order valence-corrected chi connectivity index (χ1v) is 5.30. The van der Waals surface area contributed by atoms with Crippen LogP contribution in [0.4, 0.5) is 0 Å². The average Bonchev–Trinajstić information content (AvgIpc) is 2.26. The van der Waals surface area contributed by atoms with Crippen molar-refractivity contribution in [3.05, 3.63) is 23.3 Å². The Balaban J connectivity index is 3.34. The Labute approximate surface area is 95.9 Å². The van der Waals surface area contributed by atoms with Crippen molar-refractivity contribution in [1.82, 2.24) is 0 Å². The lowest BCUT2D eigenvalue weighted by Gasteiger charge is -2.11. The lowest BCUT2D eigenvalue weighted by molar-refractivity contribution is 0.0695. The number of hydrogen-bond donors (Lipinski definition) is 1. The van der Waals surface area contributed by atoms with Crippen LogP contribution in [0.15, 0.2) is 12.1 Å². The van der Waals surface area contributed by atoms with Crippen molar-refractivity contribution in [1.29, 1.82) is 0 Å². The van der Waals surface area contributed by atoms with Crippen LogP contribution in [0, 0.1) is 0 Å². The second-order valence-electron chi connectivity index (χ2n) is 2.80. The molecule has 1 N–H and O–H groups in total. The first kappa shape index (κ1) is 11.8. The van der Waals surface area contributed by atoms with Gasteiger partial charge in [0.1, 0.15) is 0 Å². The lowest BCUT2D eigenvalue weighted by atomic mass is 10.1. The smallest absolute Gasteiger partial charge is 0.336 e. The van der Waals surface area contributed by atoms with E-state index in [9.17, 15) is 4.79 Å². The molecule has 0 aromatic heterocycles. The van der Waals surface area contributed by atoms with E-state index >= 15 is 0 Å². The van der Waals surface area contributed by atoms with Crippen LogP contribution in [0.5, 0.6) is 11.5 Å². The van der Waals surface area contributed by atoms with E-state index < -0.39 is 5.97 Å². The topological polar surface area (TPSA) is 55.8 Å². The quantitative estimate of drug-likeness (QED) is 0.856. The Morgan fingerprint density at radius 1 is 1.33 bits per heavy atom. The molecule has 82 valence electrons. The fraction of sp³-hybridized carbons (Fsp3) is 0.300. The van der Waals surface area contributed by atoms with Crippen LogP contribution in [-0.2, 0) is 5.33 Å². The highest BCUT2D eigenvalue weighted by molar-refractivity contribution is 9.08. The monoisotopic (exact) mass is 274 g/mol. The standard InChI is InChI=1S/C10H11BrO4/c1-14-8-3-6(5-11)7(10(12)13)4-9(8)15-2/h3-4H,5H2,1-2H3,(H,12,13). The van der Waals surface area contributed by atoms with Gasteiger partial charge in [0.15, 0.2) is 11.5 Å². The maximum Gasteiger partial charge on any atom is 0.336 e. The lowest BCUT2D eigenvalue weighted by Crippen LogP contribution is -2.03. The highest BCUT2D eigenvalue weighted by atomic mass is 79.9. The Bertz CT molecular complexity index is 376. The molecule has 0 aliphatic rings. The van der Waals surface area contributed by atoms with Crippen LogP contribution < -0.4 is 9.47 Å². The predicted molar refractivity (Wildman–Crippen MR) is 59.1 cm³/mol. The third kappa shape index (κ3) is 2.41. The van der Waals surface area contributed by atoms with Crippen LogP contribution >= 0.6 is 15.9 Å². The van der Waals surface area contributed by atoms with Gasteiger partial charge in [-0.15, -0.1) is 0 Å². The Hall–Kier alpha value is -1.23. The SMILES string of the molecule is COc1cc(CBr)c(C(=O)O)cc1OC. The third-order valence-electron chi connectivity index (χ3n) is 1.98. The summed E-state index contributed by atoms with van der Waals surface area (Å²) in [5, 5.41) is 9.42. The third-order valence-corrected chi connectivity index (χ3v) is 2.59. The Morgan fingerprint density at radius 3 is 2.27 bits per heavy atom. The maximum atomic E-state index is 10.9. The average molecular weight is 275 g/mol. The van der Waals surface area contributed by atoms with E-state index in [4.69, 9.17) is 14.6 Å². The molecule has 0 atom stereocenters. The molecule has 4 nitrogen and oxygen atoms in total. The van der Waals surface area contributed by atoms with Gasteiger partial charge < -0.3 is 14.6 Å². The summed E-state index contributed by atoms with van der Waals surface area (Å²) in [6, 6.07) is 3.11. The van der Waals surface area contributed by atoms with Crippen molar-refractivity contribution < 1.29 is 19.4 Å². The number of methoxy groups -OCH3 is 2. The molecule has 0 aliphatic carbocycles. The summed E-state index contributed by atoms with van der Waals surface area (Å²) < 4.78 is 10.1. The number of aromatic carboxylic acids is 1. The number of carbonyl (C=O) groups is 1. The molecular formula is C10H11BrO4. The van der Waals surface area contributed by atoms with Gasteiger partial charge in [0.05, 0.1) is 19.8 Å². The first-order chi connectivity index (χ1) is 7.13. The van der Waals surface area contributed by atoms with Crippen LogP contribution in [0.2, 0.25) is 0 Å². The molecule has 0 aliphatic heterocycles. The van der Waals surface area contributed by atoms with Crippen LogP contribution in [0.3, 0.4) is 0 Å². The van der Waals surface area contributed by atoms with Gasteiger partial charge in [0, 0.05) is 5.33 Å². The molecule has 15 heavy (non-hydrogen) atoms. The number of carboxylic acids is 1. The highest BCUT2D eigenvalue weighted by Gasteiger charge is 2.14. The second kappa shape index (κ2) is 5.02. The number of alkyl halides is 1. The summed E-state index contributed by atoms with van der Waals surface area (Å²) in [7, 11) is 2.98. The van der Waals surface area contributed by atoms with Crippen molar-refractivity contribution in [3.63, 3.8) is 0 Å². The van der Waals surface area contributed by atoms with E-state index in [1.54, 1.807) is 6.07 Å². The van der Waals surface area contributed by atoms with Gasteiger partial charge in [-0.05, 0) is 17.7 Å². The van der Waals surface area contributed by atoms with E-state index in [1.807, 2.05) is 0 Å². The van der Waals surface area contributed by atoms with Crippen LogP contribution in [0.1, 0.15) is 15.9 Å². The van der Waals surface area contributed by atoms with Crippen LogP contribution in [-0.4, -0.2) is 25.3 Å². The summed E-state index contributed by atoms with van der Waals surface area (Å²) in [5.41, 5.74) is 0.865. The second-order valence-corrected chi connectivity index (χ2v) is 3.36. The maximum absolute atomic E-state index is 10.9. The zero-order valence-electron chi connectivity index (χ0n) is 8.41. The Kier molecular flexibility index (Phi) is 3.96. The van der Waals surface area contributed by atoms with Crippen molar-refractivity contribution in [2.75, 3.05) is 14.2 Å². The van der Waals surface area contributed by atoms with Gasteiger partial charge in [-0.2, -0.15) is 0 Å². The zero-order chi connectivity index (χ0) is 11.4. The fourth-order valence-electron chi connectivity index (χ4n) is 1.23. The van der Waals surface area contributed by atoms with Crippen molar-refractivity contribution in [3.8, 4) is 11.5 Å². The molecule has 0 spiro atoms. The number of benzene rings is 1. The van der Waals surface area contributed by atoms with Crippen molar-refractivity contribution in [2.45, 2.75) is 5.33 Å². The van der Waals surface area contributed by atoms with E-state index in [-0.39, 0.29) is 5.56 Å². The zero-order valence-corrected chi connectivity index (χ0v) is 10.00. The summed E-state index contributed by atoms with van der Waals surface area (Å²) in [5.74, 6) is -0.0399. The van der Waals surface area contributed by atoms with Crippen LogP contribution in [0.25, 0.3) is 0 Å². The summed E-state index contributed by atoms with van der Waals surface area (Å²) in [6.07, 6.45) is 0. The molecule has 1 aromatic rings. The van der Waals surface area contributed by atoms with E-state index in [1.165, 1.54) is 20.3 Å². The van der Waals surface area contributed by atoms with Gasteiger partial charge in [-0.3, -0.25) is 0 Å². The minimum absolute atomic E-state index is 0.213. The molecule has 0 bridgehead atoms. The number of rotatable bonds is 4. The molecule has 0 heterocycles. The minimum Gasteiger partial charge on any atom is -0.493 e. The van der Waals surface area contributed by atoms with Gasteiger partial charge in [0.25, 0.3) is 0 Å². The normalized spacial score (nSPS) is 9.80. The largest absolute Gasteiger partial charge is 0.493 e. The summed E-state index contributed by atoms with van der Waals surface area (Å²) >= 11 is 3.23. The highest BCUT2D eigenvalue weighted by Crippen LogP contribution is 2.31. The molecule has 1 aromatic carbocycles. The first-order valence-electron chi connectivity index (χ1n) is 4.18. The molecule has 0 unspecified atom stereocenters. The number of carboxylic acid groups (broad SMARTS) is 1. The van der Waals surface area contributed by atoms with Crippen molar-refractivity contribution in [2.24, 2.45) is 0 Å².